The normalized spacial score (nSPS) is 18.3. The number of amides is 1. The molecule has 0 saturated heterocycles. The smallest absolute Gasteiger partial charge is 0.306 e. The first kappa shape index (κ1) is 17.5. The summed E-state index contributed by atoms with van der Waals surface area (Å²) in [4.78, 5) is 26.1. The maximum atomic E-state index is 12.3. The van der Waals surface area contributed by atoms with Crippen molar-refractivity contribution in [1.29, 1.82) is 0 Å². The van der Waals surface area contributed by atoms with E-state index in [0.717, 1.165) is 11.3 Å². The fourth-order valence-electron chi connectivity index (χ4n) is 2.94. The van der Waals surface area contributed by atoms with Gasteiger partial charge >= 0.3 is 5.97 Å². The monoisotopic (exact) mass is 319 g/mol. The Bertz CT molecular complexity index is 577. The number of β-amino-alcohol motifs (C(OH)–C–C–N with tert-alkyl or cyclic N) is 1. The van der Waals surface area contributed by atoms with E-state index in [1.165, 1.54) is 0 Å². The zero-order valence-corrected chi connectivity index (χ0v) is 14.0. The van der Waals surface area contributed by atoms with Crippen molar-refractivity contribution in [1.82, 2.24) is 0 Å². The van der Waals surface area contributed by atoms with Gasteiger partial charge in [-0.15, -0.1) is 0 Å². The summed E-state index contributed by atoms with van der Waals surface area (Å²) < 4.78 is 5.42. The Morgan fingerprint density at radius 3 is 2.70 bits per heavy atom. The fraction of sp³-hybridized carbons (Fsp3) is 0.556. The molecule has 23 heavy (non-hydrogen) atoms. The number of carbonyl (C=O) groups is 2. The molecule has 5 heteroatoms. The summed E-state index contributed by atoms with van der Waals surface area (Å²) >= 11 is 0. The van der Waals surface area contributed by atoms with E-state index in [2.05, 4.69) is 0 Å². The number of ether oxygens (including phenoxy) is 1. The summed E-state index contributed by atoms with van der Waals surface area (Å²) in [5.74, 6) is -0.313. The largest absolute Gasteiger partial charge is 0.460 e. The number of aliphatic hydroxyl groups is 1. The summed E-state index contributed by atoms with van der Waals surface area (Å²) in [5.41, 5.74) is 1.25. The van der Waals surface area contributed by atoms with Gasteiger partial charge in [-0.25, -0.2) is 0 Å². The van der Waals surface area contributed by atoms with Crippen molar-refractivity contribution in [3.05, 3.63) is 29.8 Å². The Morgan fingerprint density at radius 1 is 1.35 bits per heavy atom. The van der Waals surface area contributed by atoms with Crippen LogP contribution < -0.4 is 4.90 Å². The number of hydrogen-bond donors (Lipinski definition) is 1. The predicted molar refractivity (Wildman–Crippen MR) is 88.3 cm³/mol. The Kier molecular flexibility index (Phi) is 5.42. The van der Waals surface area contributed by atoms with Crippen LogP contribution in [-0.4, -0.2) is 35.7 Å². The van der Waals surface area contributed by atoms with Crippen LogP contribution in [0.25, 0.3) is 0 Å². The molecule has 0 spiro atoms. The van der Waals surface area contributed by atoms with Crippen LogP contribution in [0.2, 0.25) is 0 Å². The standard InChI is InChI=1S/C18H25NO4/c1-18(2,3)23-17(22)12-13-8-9-16(21)19(10-11-20)15-7-5-4-6-14(13)15/h4-7,13,20H,8-12H2,1-3H3. The van der Waals surface area contributed by atoms with Crippen LogP contribution in [-0.2, 0) is 14.3 Å². The van der Waals surface area contributed by atoms with Gasteiger partial charge in [0.15, 0.2) is 0 Å². The molecule has 1 aliphatic heterocycles. The maximum absolute atomic E-state index is 12.3. The van der Waals surface area contributed by atoms with Crippen LogP contribution in [0.1, 0.15) is 51.5 Å². The van der Waals surface area contributed by atoms with E-state index in [0.29, 0.717) is 12.8 Å². The lowest BCUT2D eigenvalue weighted by Gasteiger charge is -2.24. The molecule has 1 amide bonds. The molecule has 0 radical (unpaired) electrons. The minimum absolute atomic E-state index is 0.0156. The number of para-hydroxylation sites is 1. The molecule has 1 aliphatic rings. The highest BCUT2D eigenvalue weighted by atomic mass is 16.6. The molecular weight excluding hydrogens is 294 g/mol. The summed E-state index contributed by atoms with van der Waals surface area (Å²) in [7, 11) is 0. The van der Waals surface area contributed by atoms with Crippen molar-refractivity contribution in [2.45, 2.75) is 51.6 Å². The molecule has 1 unspecified atom stereocenters. The van der Waals surface area contributed by atoms with Gasteiger partial charge in [-0.2, -0.15) is 0 Å². The first-order valence-corrected chi connectivity index (χ1v) is 8.04. The van der Waals surface area contributed by atoms with Crippen LogP contribution >= 0.6 is 0 Å². The number of aliphatic hydroxyl groups excluding tert-OH is 1. The van der Waals surface area contributed by atoms with E-state index in [-0.39, 0.29) is 37.4 Å². The van der Waals surface area contributed by atoms with Crippen molar-refractivity contribution in [3.8, 4) is 0 Å². The molecule has 1 aromatic carbocycles. The molecule has 2 rings (SSSR count). The number of anilines is 1. The van der Waals surface area contributed by atoms with Crippen molar-refractivity contribution in [2.75, 3.05) is 18.1 Å². The number of benzene rings is 1. The summed E-state index contributed by atoms with van der Waals surface area (Å²) in [5, 5.41) is 9.22. The molecule has 5 nitrogen and oxygen atoms in total. The number of carbonyl (C=O) groups excluding carboxylic acids is 2. The second kappa shape index (κ2) is 7.13. The fourth-order valence-corrected chi connectivity index (χ4v) is 2.94. The SMILES string of the molecule is CC(C)(C)OC(=O)CC1CCC(=O)N(CCO)c2ccccc21. The van der Waals surface area contributed by atoms with E-state index < -0.39 is 5.60 Å². The van der Waals surface area contributed by atoms with E-state index in [4.69, 9.17) is 4.74 Å². The topological polar surface area (TPSA) is 66.8 Å². The first-order chi connectivity index (χ1) is 10.8. The lowest BCUT2D eigenvalue weighted by molar-refractivity contribution is -0.155. The molecule has 0 fully saturated rings. The molecule has 0 saturated carbocycles. The predicted octanol–water partition coefficient (Wildman–Crippen LogP) is 2.62. The average Bonchev–Trinajstić information content (AvgIpc) is 2.58. The summed E-state index contributed by atoms with van der Waals surface area (Å²) in [6.07, 6.45) is 1.23. The van der Waals surface area contributed by atoms with Gasteiger partial charge in [0.2, 0.25) is 5.91 Å². The minimum atomic E-state index is -0.514. The highest BCUT2D eigenvalue weighted by molar-refractivity contribution is 5.95. The number of hydrogen-bond acceptors (Lipinski definition) is 4. The van der Waals surface area contributed by atoms with Gasteiger partial charge in [0.1, 0.15) is 5.60 Å². The first-order valence-electron chi connectivity index (χ1n) is 8.04. The molecule has 0 aromatic heterocycles. The number of nitrogens with zero attached hydrogens (tertiary/aromatic N) is 1. The molecule has 1 atom stereocenters. The van der Waals surface area contributed by atoms with Gasteiger partial charge < -0.3 is 14.7 Å². The van der Waals surface area contributed by atoms with E-state index in [9.17, 15) is 14.7 Å². The molecule has 1 heterocycles. The lowest BCUT2D eigenvalue weighted by atomic mass is 9.91. The summed E-state index contributed by atoms with van der Waals surface area (Å²) in [6, 6.07) is 7.60. The van der Waals surface area contributed by atoms with Crippen LogP contribution in [0, 0.1) is 0 Å². The molecule has 0 aliphatic carbocycles. The summed E-state index contributed by atoms with van der Waals surface area (Å²) in [6.45, 7) is 5.72. The zero-order valence-electron chi connectivity index (χ0n) is 14.0. The van der Waals surface area contributed by atoms with Crippen LogP contribution in [0.4, 0.5) is 5.69 Å². The van der Waals surface area contributed by atoms with E-state index in [1.807, 2.05) is 45.0 Å². The quantitative estimate of drug-likeness (QED) is 0.866. The number of fused-ring (bicyclic) bond motifs is 1. The van der Waals surface area contributed by atoms with Crippen molar-refractivity contribution in [3.63, 3.8) is 0 Å². The van der Waals surface area contributed by atoms with Crippen molar-refractivity contribution in [2.24, 2.45) is 0 Å². The van der Waals surface area contributed by atoms with Crippen LogP contribution in [0.5, 0.6) is 0 Å². The number of rotatable bonds is 4. The van der Waals surface area contributed by atoms with Gasteiger partial charge in [0.25, 0.3) is 0 Å². The maximum Gasteiger partial charge on any atom is 0.306 e. The third-order valence-electron chi connectivity index (χ3n) is 3.83. The van der Waals surface area contributed by atoms with Crippen LogP contribution in [0.3, 0.4) is 0 Å². The van der Waals surface area contributed by atoms with Gasteiger partial charge in [-0.05, 0) is 44.7 Å². The molecule has 126 valence electrons. The van der Waals surface area contributed by atoms with Crippen molar-refractivity contribution >= 4 is 17.6 Å². The Balaban J connectivity index is 2.26. The second-order valence-corrected chi connectivity index (χ2v) is 6.85. The minimum Gasteiger partial charge on any atom is -0.460 e. The number of esters is 1. The van der Waals surface area contributed by atoms with Gasteiger partial charge in [0, 0.05) is 18.7 Å². The van der Waals surface area contributed by atoms with Gasteiger partial charge in [-0.1, -0.05) is 18.2 Å². The second-order valence-electron chi connectivity index (χ2n) is 6.85. The highest BCUT2D eigenvalue weighted by Gasteiger charge is 2.30. The Morgan fingerprint density at radius 2 is 2.04 bits per heavy atom. The third-order valence-corrected chi connectivity index (χ3v) is 3.83. The lowest BCUT2D eigenvalue weighted by Crippen LogP contribution is -2.32. The molecule has 0 bridgehead atoms. The zero-order chi connectivity index (χ0) is 17.0. The Labute approximate surface area is 137 Å². The average molecular weight is 319 g/mol. The molecule has 1 N–H and O–H groups in total. The van der Waals surface area contributed by atoms with Gasteiger partial charge in [0.05, 0.1) is 13.0 Å². The Hall–Kier alpha value is -1.88. The van der Waals surface area contributed by atoms with Crippen molar-refractivity contribution < 1.29 is 19.4 Å². The molecule has 1 aromatic rings. The van der Waals surface area contributed by atoms with E-state index >= 15 is 0 Å². The van der Waals surface area contributed by atoms with E-state index in [1.54, 1.807) is 4.90 Å². The third kappa shape index (κ3) is 4.55. The highest BCUT2D eigenvalue weighted by Crippen LogP contribution is 2.37. The molecular formula is C18H25NO4. The van der Waals surface area contributed by atoms with Crippen LogP contribution in [0.15, 0.2) is 24.3 Å². The van der Waals surface area contributed by atoms with Gasteiger partial charge in [-0.3, -0.25) is 9.59 Å².